The molecule has 0 aromatic carbocycles. The molecule has 0 radical (unpaired) electrons. The summed E-state index contributed by atoms with van der Waals surface area (Å²) in [5.74, 6) is -0.0509. The van der Waals surface area contributed by atoms with Gasteiger partial charge in [0.15, 0.2) is 0 Å². The lowest BCUT2D eigenvalue weighted by Gasteiger charge is -2.33. The number of hydrogen-bond acceptors (Lipinski definition) is 3. The van der Waals surface area contributed by atoms with E-state index in [-0.39, 0.29) is 17.4 Å². The fraction of sp³-hybridized carbons (Fsp3) is 0.667. The number of carbonyl (C=O) groups is 2. The van der Waals surface area contributed by atoms with E-state index in [2.05, 4.69) is 23.8 Å². The van der Waals surface area contributed by atoms with Crippen LogP contribution in [0.4, 0.5) is 0 Å². The molecule has 2 amide bonds. The van der Waals surface area contributed by atoms with Gasteiger partial charge >= 0.3 is 0 Å². The lowest BCUT2D eigenvalue weighted by molar-refractivity contribution is -0.125. The molecular formula is C18H30N2O3. The number of carbonyl (C=O) groups excluding carboxylic acids is 2. The van der Waals surface area contributed by atoms with Gasteiger partial charge in [-0.3, -0.25) is 9.59 Å². The highest BCUT2D eigenvalue weighted by molar-refractivity contribution is 5.80. The molecule has 1 aliphatic rings. The first-order valence-electron chi connectivity index (χ1n) is 8.35. The van der Waals surface area contributed by atoms with Gasteiger partial charge in [-0.05, 0) is 39.0 Å². The monoisotopic (exact) mass is 322 g/mol. The maximum atomic E-state index is 12.2. The molecule has 0 spiro atoms. The summed E-state index contributed by atoms with van der Waals surface area (Å²) >= 11 is 0. The van der Waals surface area contributed by atoms with Crippen molar-refractivity contribution in [1.29, 1.82) is 0 Å². The standard InChI is InChI=1S/C18H30N2O3/c1-5-10-18(23,11-6-2)14(4)19-15(21)8-12-17(7-3)13-9-16(22)20-17/h5-6,14,23H,1-2,7-13H2,3-4H3,(H,19,21)(H,20,22)/t14-,17-/m0/s1. The number of amides is 2. The maximum Gasteiger partial charge on any atom is 0.220 e. The van der Waals surface area contributed by atoms with Crippen molar-refractivity contribution in [2.24, 2.45) is 0 Å². The van der Waals surface area contributed by atoms with Gasteiger partial charge in [-0.1, -0.05) is 19.1 Å². The van der Waals surface area contributed by atoms with Gasteiger partial charge in [-0.2, -0.15) is 0 Å². The Morgan fingerprint density at radius 3 is 2.52 bits per heavy atom. The van der Waals surface area contributed by atoms with Gasteiger partial charge < -0.3 is 15.7 Å². The van der Waals surface area contributed by atoms with E-state index in [1.165, 1.54) is 0 Å². The lowest BCUT2D eigenvalue weighted by Crippen LogP contribution is -2.51. The Balaban J connectivity index is 2.56. The van der Waals surface area contributed by atoms with Crippen LogP contribution in [0.2, 0.25) is 0 Å². The minimum atomic E-state index is -1.07. The van der Waals surface area contributed by atoms with Crippen molar-refractivity contribution in [3.8, 4) is 0 Å². The minimum Gasteiger partial charge on any atom is -0.387 e. The Morgan fingerprint density at radius 1 is 1.48 bits per heavy atom. The van der Waals surface area contributed by atoms with Gasteiger partial charge in [-0.25, -0.2) is 0 Å². The highest BCUT2D eigenvalue weighted by atomic mass is 16.3. The van der Waals surface area contributed by atoms with Crippen LogP contribution in [0.1, 0.15) is 58.8 Å². The summed E-state index contributed by atoms with van der Waals surface area (Å²) < 4.78 is 0. The normalized spacial score (nSPS) is 22.3. The van der Waals surface area contributed by atoms with Gasteiger partial charge in [0.25, 0.3) is 0 Å². The molecule has 1 aliphatic heterocycles. The Morgan fingerprint density at radius 2 is 2.09 bits per heavy atom. The second-order valence-electron chi connectivity index (χ2n) is 6.56. The molecule has 0 bridgehead atoms. The van der Waals surface area contributed by atoms with Crippen molar-refractivity contribution in [2.45, 2.75) is 76.0 Å². The van der Waals surface area contributed by atoms with E-state index >= 15 is 0 Å². The fourth-order valence-corrected chi connectivity index (χ4v) is 3.14. The molecule has 0 saturated carbocycles. The van der Waals surface area contributed by atoms with E-state index in [9.17, 15) is 14.7 Å². The number of nitrogens with one attached hydrogen (secondary N) is 2. The molecule has 1 rings (SSSR count). The van der Waals surface area contributed by atoms with Crippen LogP contribution in [0.25, 0.3) is 0 Å². The minimum absolute atomic E-state index is 0.0620. The average molecular weight is 322 g/mol. The van der Waals surface area contributed by atoms with Crippen LogP contribution in [0, 0.1) is 0 Å². The highest BCUT2D eigenvalue weighted by Gasteiger charge is 2.37. The molecule has 0 unspecified atom stereocenters. The van der Waals surface area contributed by atoms with E-state index in [0.717, 1.165) is 12.8 Å². The summed E-state index contributed by atoms with van der Waals surface area (Å²) in [6, 6.07) is -0.401. The molecule has 0 aromatic rings. The largest absolute Gasteiger partial charge is 0.387 e. The molecule has 1 fully saturated rings. The van der Waals surface area contributed by atoms with E-state index < -0.39 is 11.6 Å². The van der Waals surface area contributed by atoms with Gasteiger partial charge in [-0.15, -0.1) is 13.2 Å². The van der Waals surface area contributed by atoms with Crippen LogP contribution < -0.4 is 10.6 Å². The quantitative estimate of drug-likeness (QED) is 0.540. The first kappa shape index (κ1) is 19.4. The Bertz CT molecular complexity index is 451. The molecule has 3 N–H and O–H groups in total. The summed E-state index contributed by atoms with van der Waals surface area (Å²) in [5, 5.41) is 16.5. The molecular weight excluding hydrogens is 292 g/mol. The van der Waals surface area contributed by atoms with E-state index in [1.54, 1.807) is 19.1 Å². The Hall–Kier alpha value is -1.62. The maximum absolute atomic E-state index is 12.2. The molecule has 1 heterocycles. The third-order valence-corrected chi connectivity index (χ3v) is 4.92. The predicted octanol–water partition coefficient (Wildman–Crippen LogP) is 2.21. The lowest BCUT2D eigenvalue weighted by atomic mass is 9.87. The van der Waals surface area contributed by atoms with Crippen molar-refractivity contribution in [3.05, 3.63) is 25.3 Å². The Kier molecular flexibility index (Phi) is 7.01. The zero-order chi connectivity index (χ0) is 17.5. The summed E-state index contributed by atoms with van der Waals surface area (Å²) in [6.07, 6.45) is 7.14. The second kappa shape index (κ2) is 8.29. The van der Waals surface area contributed by atoms with Crippen molar-refractivity contribution in [1.82, 2.24) is 10.6 Å². The van der Waals surface area contributed by atoms with E-state index in [4.69, 9.17) is 0 Å². The first-order valence-corrected chi connectivity index (χ1v) is 8.35. The van der Waals surface area contributed by atoms with Crippen molar-refractivity contribution >= 4 is 11.8 Å². The van der Waals surface area contributed by atoms with Crippen LogP contribution in [0.5, 0.6) is 0 Å². The zero-order valence-electron chi connectivity index (χ0n) is 14.4. The highest BCUT2D eigenvalue weighted by Crippen LogP contribution is 2.28. The Labute approximate surface area is 139 Å². The summed E-state index contributed by atoms with van der Waals surface area (Å²) in [4.78, 5) is 23.7. The molecule has 2 atom stereocenters. The van der Waals surface area contributed by atoms with Gasteiger partial charge in [0, 0.05) is 18.4 Å². The zero-order valence-corrected chi connectivity index (χ0v) is 14.4. The summed E-state index contributed by atoms with van der Waals surface area (Å²) in [5.41, 5.74) is -1.32. The van der Waals surface area contributed by atoms with Crippen LogP contribution >= 0.6 is 0 Å². The summed E-state index contributed by atoms with van der Waals surface area (Å²) in [6.45, 7) is 11.1. The summed E-state index contributed by atoms with van der Waals surface area (Å²) in [7, 11) is 0. The molecule has 1 saturated heterocycles. The second-order valence-corrected chi connectivity index (χ2v) is 6.56. The van der Waals surface area contributed by atoms with E-state index in [1.807, 2.05) is 6.92 Å². The number of rotatable bonds is 10. The number of hydrogen-bond donors (Lipinski definition) is 3. The van der Waals surface area contributed by atoms with Crippen LogP contribution in [-0.2, 0) is 9.59 Å². The molecule has 0 aromatic heterocycles. The third-order valence-electron chi connectivity index (χ3n) is 4.92. The molecule has 130 valence electrons. The third kappa shape index (κ3) is 5.20. The smallest absolute Gasteiger partial charge is 0.220 e. The number of aliphatic hydroxyl groups is 1. The van der Waals surface area contributed by atoms with Gasteiger partial charge in [0.1, 0.15) is 0 Å². The van der Waals surface area contributed by atoms with E-state index in [0.29, 0.717) is 32.1 Å². The first-order chi connectivity index (χ1) is 10.8. The van der Waals surface area contributed by atoms with Gasteiger partial charge in [0.05, 0.1) is 11.6 Å². The molecule has 5 heteroatoms. The molecule has 5 nitrogen and oxygen atoms in total. The average Bonchev–Trinajstić information content (AvgIpc) is 2.88. The molecule has 0 aliphatic carbocycles. The fourth-order valence-electron chi connectivity index (χ4n) is 3.14. The SMILES string of the molecule is C=CCC(O)(CC=C)[C@H](C)NC(=O)CC[C@@]1(CC)CCC(=O)N1. The topological polar surface area (TPSA) is 78.4 Å². The predicted molar refractivity (Wildman–Crippen MR) is 91.8 cm³/mol. The van der Waals surface area contributed by atoms with Crippen molar-refractivity contribution in [3.63, 3.8) is 0 Å². The van der Waals surface area contributed by atoms with Crippen LogP contribution in [0.15, 0.2) is 25.3 Å². The van der Waals surface area contributed by atoms with Crippen molar-refractivity contribution < 1.29 is 14.7 Å². The van der Waals surface area contributed by atoms with Gasteiger partial charge in [0.2, 0.25) is 11.8 Å². The van der Waals surface area contributed by atoms with Crippen LogP contribution in [-0.4, -0.2) is 34.1 Å². The van der Waals surface area contributed by atoms with Crippen molar-refractivity contribution in [2.75, 3.05) is 0 Å². The molecule has 23 heavy (non-hydrogen) atoms. The van der Waals surface area contributed by atoms with Crippen LogP contribution in [0.3, 0.4) is 0 Å².